The lowest BCUT2D eigenvalue weighted by Gasteiger charge is -2.26. The molecule has 24 heavy (non-hydrogen) atoms. The zero-order chi connectivity index (χ0) is 16.9. The maximum Gasteiger partial charge on any atom is 0.326 e. The molecule has 0 bridgehead atoms. The van der Waals surface area contributed by atoms with Crippen LogP contribution >= 0.6 is 0 Å². The van der Waals surface area contributed by atoms with Crippen molar-refractivity contribution in [3.8, 4) is 0 Å². The Balaban J connectivity index is 1.74. The zero-order valence-corrected chi connectivity index (χ0v) is 13.4. The normalized spacial score (nSPS) is 17.6. The van der Waals surface area contributed by atoms with E-state index in [1.807, 2.05) is 54.6 Å². The van der Waals surface area contributed by atoms with E-state index >= 15 is 0 Å². The number of rotatable bonds is 5. The van der Waals surface area contributed by atoms with Crippen molar-refractivity contribution in [1.82, 2.24) is 5.32 Å². The molecule has 0 unspecified atom stereocenters. The van der Waals surface area contributed by atoms with E-state index in [0.29, 0.717) is 0 Å². The molecular weight excluding hydrogens is 302 g/mol. The van der Waals surface area contributed by atoms with Crippen LogP contribution in [-0.2, 0) is 22.4 Å². The van der Waals surface area contributed by atoms with Crippen LogP contribution in [0.1, 0.15) is 35.4 Å². The Morgan fingerprint density at radius 3 is 2.54 bits per heavy atom. The highest BCUT2D eigenvalue weighted by Crippen LogP contribution is 2.31. The lowest BCUT2D eigenvalue weighted by atomic mass is 9.82. The van der Waals surface area contributed by atoms with Crippen LogP contribution in [0.2, 0.25) is 0 Å². The average molecular weight is 323 g/mol. The van der Waals surface area contributed by atoms with Gasteiger partial charge in [-0.2, -0.15) is 0 Å². The summed E-state index contributed by atoms with van der Waals surface area (Å²) in [5.41, 5.74) is 3.12. The highest BCUT2D eigenvalue weighted by molar-refractivity contribution is 5.88. The van der Waals surface area contributed by atoms with Crippen LogP contribution < -0.4 is 5.32 Å². The minimum atomic E-state index is -1.00. The summed E-state index contributed by atoms with van der Waals surface area (Å²) < 4.78 is 0. The molecular formula is C20H21NO3. The van der Waals surface area contributed by atoms with Crippen molar-refractivity contribution in [3.05, 3.63) is 71.3 Å². The predicted octanol–water partition coefficient (Wildman–Crippen LogP) is 2.92. The Labute approximate surface area is 141 Å². The van der Waals surface area contributed by atoms with Crippen molar-refractivity contribution in [2.75, 3.05) is 0 Å². The van der Waals surface area contributed by atoms with Crippen LogP contribution in [0, 0.1) is 0 Å². The molecule has 0 saturated heterocycles. The van der Waals surface area contributed by atoms with Gasteiger partial charge in [0, 0.05) is 6.42 Å². The van der Waals surface area contributed by atoms with E-state index in [1.54, 1.807) is 0 Å². The number of hydrogen-bond donors (Lipinski definition) is 2. The van der Waals surface area contributed by atoms with E-state index in [2.05, 4.69) is 5.32 Å². The van der Waals surface area contributed by atoms with Crippen molar-refractivity contribution in [2.24, 2.45) is 0 Å². The smallest absolute Gasteiger partial charge is 0.326 e. The molecule has 2 atom stereocenters. The molecule has 4 heteroatoms. The summed E-state index contributed by atoms with van der Waals surface area (Å²) in [5.74, 6) is -1.45. The van der Waals surface area contributed by atoms with E-state index < -0.39 is 12.0 Å². The van der Waals surface area contributed by atoms with E-state index in [1.165, 1.54) is 5.56 Å². The Morgan fingerprint density at radius 1 is 1.08 bits per heavy atom. The number of carbonyl (C=O) groups excluding carboxylic acids is 1. The minimum Gasteiger partial charge on any atom is -0.480 e. The maximum atomic E-state index is 12.7. The number of amides is 1. The first-order chi connectivity index (χ1) is 11.6. The summed E-state index contributed by atoms with van der Waals surface area (Å²) in [7, 11) is 0. The summed E-state index contributed by atoms with van der Waals surface area (Å²) in [6.45, 7) is 0. The minimum absolute atomic E-state index is 0.189. The summed E-state index contributed by atoms with van der Waals surface area (Å²) in [6.07, 6.45) is 2.98. The largest absolute Gasteiger partial charge is 0.480 e. The summed E-state index contributed by atoms with van der Waals surface area (Å²) in [6, 6.07) is 16.4. The van der Waals surface area contributed by atoms with Gasteiger partial charge >= 0.3 is 5.97 Å². The zero-order valence-electron chi connectivity index (χ0n) is 13.4. The number of nitrogens with one attached hydrogen (secondary N) is 1. The lowest BCUT2D eigenvalue weighted by molar-refractivity contribution is -0.142. The SMILES string of the molecule is O=C(O)[C@H](Cc1ccccc1)NC(=O)[C@H]1CCCc2ccccc21. The third-order valence-electron chi connectivity index (χ3n) is 4.58. The molecule has 2 N–H and O–H groups in total. The molecule has 0 aromatic heterocycles. The standard InChI is InChI=1S/C20H21NO3/c22-19(17-12-6-10-15-9-4-5-11-16(15)17)21-18(20(23)24)13-14-7-2-1-3-8-14/h1-5,7-9,11,17-18H,6,10,12-13H2,(H,21,22)(H,23,24)/t17-,18-/m0/s1. The van der Waals surface area contributed by atoms with Gasteiger partial charge in [-0.3, -0.25) is 4.79 Å². The Morgan fingerprint density at radius 2 is 1.79 bits per heavy atom. The summed E-state index contributed by atoms with van der Waals surface area (Å²) in [4.78, 5) is 24.2. The third kappa shape index (κ3) is 3.65. The van der Waals surface area contributed by atoms with Gasteiger partial charge in [-0.1, -0.05) is 54.6 Å². The second-order valence-electron chi connectivity index (χ2n) is 6.23. The number of carbonyl (C=O) groups is 2. The predicted molar refractivity (Wildman–Crippen MR) is 91.8 cm³/mol. The molecule has 2 aromatic carbocycles. The second-order valence-corrected chi connectivity index (χ2v) is 6.23. The van der Waals surface area contributed by atoms with Crippen molar-refractivity contribution < 1.29 is 14.7 Å². The first kappa shape index (κ1) is 16.2. The monoisotopic (exact) mass is 323 g/mol. The number of aryl methyl sites for hydroxylation is 1. The molecule has 0 saturated carbocycles. The Hall–Kier alpha value is -2.62. The molecule has 0 fully saturated rings. The van der Waals surface area contributed by atoms with Crippen molar-refractivity contribution in [2.45, 2.75) is 37.6 Å². The number of carboxylic acids is 1. The fourth-order valence-corrected chi connectivity index (χ4v) is 3.35. The number of fused-ring (bicyclic) bond motifs is 1. The summed E-state index contributed by atoms with van der Waals surface area (Å²) in [5, 5.41) is 12.2. The molecule has 124 valence electrons. The molecule has 0 spiro atoms. The van der Waals surface area contributed by atoms with Crippen LogP contribution in [0.3, 0.4) is 0 Å². The molecule has 1 aliphatic carbocycles. The van der Waals surface area contributed by atoms with Gasteiger partial charge in [0.25, 0.3) is 0 Å². The van der Waals surface area contributed by atoms with Crippen LogP contribution in [-0.4, -0.2) is 23.0 Å². The van der Waals surface area contributed by atoms with Gasteiger partial charge in [0.05, 0.1) is 5.92 Å². The maximum absolute atomic E-state index is 12.7. The average Bonchev–Trinajstić information content (AvgIpc) is 2.61. The van der Waals surface area contributed by atoms with Gasteiger partial charge in [0.1, 0.15) is 6.04 Å². The molecule has 4 nitrogen and oxygen atoms in total. The highest BCUT2D eigenvalue weighted by atomic mass is 16.4. The highest BCUT2D eigenvalue weighted by Gasteiger charge is 2.29. The van der Waals surface area contributed by atoms with Crippen LogP contribution in [0.15, 0.2) is 54.6 Å². The Kier molecular flexibility index (Phi) is 4.94. The fraction of sp³-hybridized carbons (Fsp3) is 0.300. The van der Waals surface area contributed by atoms with Crippen molar-refractivity contribution >= 4 is 11.9 Å². The van der Waals surface area contributed by atoms with Crippen LogP contribution in [0.4, 0.5) is 0 Å². The van der Waals surface area contributed by atoms with E-state index in [-0.39, 0.29) is 18.2 Å². The van der Waals surface area contributed by atoms with Gasteiger partial charge in [-0.05, 0) is 36.0 Å². The molecule has 0 heterocycles. The second kappa shape index (κ2) is 7.30. The quantitative estimate of drug-likeness (QED) is 0.889. The molecule has 0 radical (unpaired) electrons. The van der Waals surface area contributed by atoms with Crippen molar-refractivity contribution in [1.29, 1.82) is 0 Å². The van der Waals surface area contributed by atoms with Gasteiger partial charge in [0.15, 0.2) is 0 Å². The molecule has 1 aliphatic rings. The summed E-state index contributed by atoms with van der Waals surface area (Å²) >= 11 is 0. The number of aliphatic carboxylic acids is 1. The van der Waals surface area contributed by atoms with E-state index in [0.717, 1.165) is 30.4 Å². The Bertz CT molecular complexity index is 727. The first-order valence-corrected chi connectivity index (χ1v) is 8.30. The third-order valence-corrected chi connectivity index (χ3v) is 4.58. The van der Waals surface area contributed by atoms with Gasteiger partial charge in [0.2, 0.25) is 5.91 Å². The van der Waals surface area contributed by atoms with E-state index in [4.69, 9.17) is 0 Å². The number of hydrogen-bond acceptors (Lipinski definition) is 2. The topological polar surface area (TPSA) is 66.4 Å². The number of carboxylic acid groups (broad SMARTS) is 1. The van der Waals surface area contributed by atoms with Gasteiger partial charge < -0.3 is 10.4 Å². The molecule has 3 rings (SSSR count). The lowest BCUT2D eigenvalue weighted by Crippen LogP contribution is -2.44. The van der Waals surface area contributed by atoms with Crippen LogP contribution in [0.5, 0.6) is 0 Å². The molecule has 2 aromatic rings. The van der Waals surface area contributed by atoms with E-state index in [9.17, 15) is 14.7 Å². The first-order valence-electron chi connectivity index (χ1n) is 8.30. The van der Waals surface area contributed by atoms with Gasteiger partial charge in [-0.25, -0.2) is 4.79 Å². The molecule has 1 amide bonds. The number of benzene rings is 2. The van der Waals surface area contributed by atoms with Crippen LogP contribution in [0.25, 0.3) is 0 Å². The molecule has 0 aliphatic heterocycles. The van der Waals surface area contributed by atoms with Crippen molar-refractivity contribution in [3.63, 3.8) is 0 Å². The van der Waals surface area contributed by atoms with Gasteiger partial charge in [-0.15, -0.1) is 0 Å². The fourth-order valence-electron chi connectivity index (χ4n) is 3.35.